The number of Topliss-reactive ketones (excluding diaryl/α,β-unsaturated/α-hetero) is 1. The largest absolute Gasteiger partial charge is 0.367 e. The number of rotatable bonds is 7. The standard InChI is InChI=1S/C25H32N6O/c1-16(2)27-25-15-26-14-23(28-25)19-5-6-22-20(11-19)12-21(29-30-22)13-24(32)18-7-9-31(10-8-18)17(3)4/h5-6,11-12,14-18H,7-10,13H2,1-4H3,(H,27,28). The quantitative estimate of drug-likeness (QED) is 0.601. The van der Waals surface area contributed by atoms with Crippen LogP contribution in [0.3, 0.4) is 0 Å². The van der Waals surface area contributed by atoms with Gasteiger partial charge in [0.1, 0.15) is 11.6 Å². The molecule has 0 atom stereocenters. The van der Waals surface area contributed by atoms with Gasteiger partial charge in [0.2, 0.25) is 0 Å². The van der Waals surface area contributed by atoms with E-state index in [2.05, 4.69) is 58.1 Å². The van der Waals surface area contributed by atoms with Crippen molar-refractivity contribution in [3.05, 3.63) is 42.4 Å². The molecule has 0 radical (unpaired) electrons. The van der Waals surface area contributed by atoms with Gasteiger partial charge in [-0.05, 0) is 71.8 Å². The Morgan fingerprint density at radius 2 is 1.88 bits per heavy atom. The predicted octanol–water partition coefficient (Wildman–Crippen LogP) is 4.14. The second-order valence-corrected chi connectivity index (χ2v) is 9.24. The van der Waals surface area contributed by atoms with Crippen LogP contribution in [0.5, 0.6) is 0 Å². The first kappa shape index (κ1) is 22.3. The molecule has 0 bridgehead atoms. The first-order valence-corrected chi connectivity index (χ1v) is 11.5. The molecule has 0 spiro atoms. The molecule has 1 aliphatic heterocycles. The van der Waals surface area contributed by atoms with Crippen LogP contribution in [-0.4, -0.2) is 56.0 Å². The number of carbonyl (C=O) groups is 1. The van der Waals surface area contributed by atoms with Crippen LogP contribution in [0.25, 0.3) is 22.2 Å². The number of hydrogen-bond acceptors (Lipinski definition) is 7. The Balaban J connectivity index is 1.50. The van der Waals surface area contributed by atoms with E-state index in [0.717, 1.165) is 59.6 Å². The van der Waals surface area contributed by atoms with E-state index in [-0.39, 0.29) is 17.7 Å². The highest BCUT2D eigenvalue weighted by atomic mass is 16.1. The van der Waals surface area contributed by atoms with E-state index in [1.54, 1.807) is 12.4 Å². The summed E-state index contributed by atoms with van der Waals surface area (Å²) in [5.74, 6) is 1.15. The summed E-state index contributed by atoms with van der Waals surface area (Å²) in [7, 11) is 0. The molecule has 4 rings (SSSR count). The zero-order chi connectivity index (χ0) is 22.7. The van der Waals surface area contributed by atoms with Crippen molar-refractivity contribution >= 4 is 22.5 Å². The predicted molar refractivity (Wildman–Crippen MR) is 127 cm³/mol. The first-order chi connectivity index (χ1) is 15.4. The van der Waals surface area contributed by atoms with Crippen LogP contribution in [0.1, 0.15) is 46.2 Å². The van der Waals surface area contributed by atoms with Gasteiger partial charge in [0.05, 0.1) is 35.7 Å². The summed E-state index contributed by atoms with van der Waals surface area (Å²) in [6.07, 6.45) is 5.69. The number of ketones is 1. The Labute approximate surface area is 189 Å². The number of anilines is 1. The lowest BCUT2D eigenvalue weighted by Crippen LogP contribution is -2.40. The summed E-state index contributed by atoms with van der Waals surface area (Å²) < 4.78 is 0. The van der Waals surface area contributed by atoms with Crippen LogP contribution in [0.15, 0.2) is 36.7 Å². The van der Waals surface area contributed by atoms with Crippen molar-refractivity contribution in [2.24, 2.45) is 5.92 Å². The summed E-state index contributed by atoms with van der Waals surface area (Å²) in [5.41, 5.74) is 3.29. The summed E-state index contributed by atoms with van der Waals surface area (Å²) >= 11 is 0. The second-order valence-electron chi connectivity index (χ2n) is 9.24. The Kier molecular flexibility index (Phi) is 6.74. The Bertz CT molecular complexity index is 1090. The number of fused-ring (bicyclic) bond motifs is 1. The number of piperidine rings is 1. The third-order valence-corrected chi connectivity index (χ3v) is 6.07. The van der Waals surface area contributed by atoms with Crippen molar-refractivity contribution in [3.63, 3.8) is 0 Å². The Hall–Kier alpha value is -2.93. The molecule has 0 unspecified atom stereocenters. The van der Waals surface area contributed by atoms with Gasteiger partial charge in [-0.15, -0.1) is 0 Å². The topological polar surface area (TPSA) is 83.9 Å². The van der Waals surface area contributed by atoms with Crippen LogP contribution in [0.2, 0.25) is 0 Å². The maximum absolute atomic E-state index is 12.9. The van der Waals surface area contributed by atoms with Crippen molar-refractivity contribution in [1.29, 1.82) is 0 Å². The summed E-state index contributed by atoms with van der Waals surface area (Å²) in [6.45, 7) is 10.5. The molecule has 1 N–H and O–H groups in total. The lowest BCUT2D eigenvalue weighted by molar-refractivity contribution is -0.123. The van der Waals surface area contributed by atoms with Gasteiger partial charge in [-0.2, -0.15) is 10.2 Å². The number of hydrogen-bond donors (Lipinski definition) is 1. The minimum atomic E-state index is 0.125. The van der Waals surface area contributed by atoms with Gasteiger partial charge in [-0.3, -0.25) is 9.78 Å². The molecule has 1 fully saturated rings. The van der Waals surface area contributed by atoms with Crippen LogP contribution in [0, 0.1) is 5.92 Å². The zero-order valence-electron chi connectivity index (χ0n) is 19.4. The molecule has 0 aliphatic carbocycles. The third kappa shape index (κ3) is 5.27. The van der Waals surface area contributed by atoms with E-state index in [1.165, 1.54) is 0 Å². The summed E-state index contributed by atoms with van der Waals surface area (Å²) in [4.78, 5) is 24.3. The van der Waals surface area contributed by atoms with Crippen molar-refractivity contribution in [3.8, 4) is 11.3 Å². The van der Waals surface area contributed by atoms with Gasteiger partial charge >= 0.3 is 0 Å². The molecule has 32 heavy (non-hydrogen) atoms. The molecular formula is C25H32N6O. The molecule has 1 aliphatic rings. The molecule has 1 saturated heterocycles. The van der Waals surface area contributed by atoms with E-state index in [1.807, 2.05) is 24.3 Å². The molecule has 7 heteroatoms. The van der Waals surface area contributed by atoms with E-state index in [4.69, 9.17) is 0 Å². The van der Waals surface area contributed by atoms with E-state index >= 15 is 0 Å². The molecule has 1 aromatic carbocycles. The van der Waals surface area contributed by atoms with Gasteiger partial charge < -0.3 is 10.2 Å². The Morgan fingerprint density at radius 1 is 1.09 bits per heavy atom. The lowest BCUT2D eigenvalue weighted by atomic mass is 9.89. The average molecular weight is 433 g/mol. The molecule has 168 valence electrons. The average Bonchev–Trinajstić information content (AvgIpc) is 2.78. The van der Waals surface area contributed by atoms with Gasteiger partial charge in [0.15, 0.2) is 0 Å². The number of benzene rings is 1. The molecule has 3 aromatic rings. The van der Waals surface area contributed by atoms with Crippen LogP contribution in [0.4, 0.5) is 5.82 Å². The molecule has 7 nitrogen and oxygen atoms in total. The second kappa shape index (κ2) is 9.69. The lowest BCUT2D eigenvalue weighted by Gasteiger charge is -2.33. The molecular weight excluding hydrogens is 400 g/mol. The van der Waals surface area contributed by atoms with E-state index in [9.17, 15) is 4.79 Å². The monoisotopic (exact) mass is 432 g/mol. The summed E-state index contributed by atoms with van der Waals surface area (Å²) in [6, 6.07) is 8.77. The number of likely N-dealkylation sites (tertiary alicyclic amines) is 1. The zero-order valence-corrected chi connectivity index (χ0v) is 19.4. The maximum atomic E-state index is 12.9. The normalized spacial score (nSPS) is 15.6. The van der Waals surface area contributed by atoms with E-state index < -0.39 is 0 Å². The fourth-order valence-electron chi connectivity index (χ4n) is 4.26. The van der Waals surface area contributed by atoms with Gasteiger partial charge in [-0.1, -0.05) is 6.07 Å². The number of nitrogens with zero attached hydrogens (tertiary/aromatic N) is 5. The number of nitrogens with one attached hydrogen (secondary N) is 1. The molecule has 2 aromatic heterocycles. The van der Waals surface area contributed by atoms with Crippen LogP contribution < -0.4 is 5.32 Å². The highest BCUT2D eigenvalue weighted by Crippen LogP contribution is 2.24. The van der Waals surface area contributed by atoms with Crippen molar-refractivity contribution in [2.45, 2.75) is 59.0 Å². The number of aromatic nitrogens is 4. The third-order valence-electron chi connectivity index (χ3n) is 6.07. The minimum Gasteiger partial charge on any atom is -0.367 e. The van der Waals surface area contributed by atoms with Gasteiger partial charge in [-0.25, -0.2) is 4.98 Å². The van der Waals surface area contributed by atoms with Crippen molar-refractivity contribution < 1.29 is 4.79 Å². The van der Waals surface area contributed by atoms with Gasteiger partial charge in [0, 0.05) is 29.0 Å². The molecule has 0 saturated carbocycles. The highest BCUT2D eigenvalue weighted by molar-refractivity contribution is 5.86. The van der Waals surface area contributed by atoms with Crippen LogP contribution >= 0.6 is 0 Å². The van der Waals surface area contributed by atoms with Crippen molar-refractivity contribution in [2.75, 3.05) is 18.4 Å². The maximum Gasteiger partial charge on any atom is 0.145 e. The molecule has 3 heterocycles. The smallest absolute Gasteiger partial charge is 0.145 e. The van der Waals surface area contributed by atoms with Gasteiger partial charge in [0.25, 0.3) is 0 Å². The fourth-order valence-corrected chi connectivity index (χ4v) is 4.26. The van der Waals surface area contributed by atoms with Crippen molar-refractivity contribution in [1.82, 2.24) is 25.1 Å². The Morgan fingerprint density at radius 3 is 2.59 bits per heavy atom. The minimum absolute atomic E-state index is 0.125. The first-order valence-electron chi connectivity index (χ1n) is 11.5. The SMILES string of the molecule is CC(C)Nc1cncc(-c2ccc3nnc(CC(=O)C4CCN(C(C)C)CC4)cc3c2)n1. The number of carbonyl (C=O) groups excluding carboxylic acids is 1. The van der Waals surface area contributed by atoms with E-state index in [0.29, 0.717) is 12.5 Å². The fraction of sp³-hybridized carbons (Fsp3) is 0.480. The van der Waals surface area contributed by atoms with Crippen LogP contribution in [-0.2, 0) is 11.2 Å². The summed E-state index contributed by atoms with van der Waals surface area (Å²) in [5, 5.41) is 12.9. The molecule has 0 amide bonds. The highest BCUT2D eigenvalue weighted by Gasteiger charge is 2.26.